The Balaban J connectivity index is 1.83. The number of aromatic nitrogens is 2. The van der Waals surface area contributed by atoms with Crippen LogP contribution >= 0.6 is 11.8 Å². The maximum absolute atomic E-state index is 12.1. The lowest BCUT2D eigenvalue weighted by Gasteiger charge is -2.00. The highest BCUT2D eigenvalue weighted by molar-refractivity contribution is 8.14. The minimum atomic E-state index is -0.0281. The van der Waals surface area contributed by atoms with Crippen molar-refractivity contribution in [2.75, 3.05) is 6.61 Å². The molecular formula is C16H14N2O2S. The molecule has 0 atom stereocenters. The first-order chi connectivity index (χ1) is 10.3. The Kier molecular flexibility index (Phi) is 3.92. The lowest BCUT2D eigenvalue weighted by molar-refractivity contribution is 0.108. The number of imidazole rings is 1. The molecule has 3 rings (SSSR count). The van der Waals surface area contributed by atoms with Crippen LogP contribution in [0.15, 0.2) is 53.7 Å². The molecule has 0 amide bonds. The Morgan fingerprint density at radius 3 is 2.81 bits per heavy atom. The van der Waals surface area contributed by atoms with Crippen LogP contribution in [-0.4, -0.2) is 21.7 Å². The van der Waals surface area contributed by atoms with Crippen molar-refractivity contribution in [3.63, 3.8) is 0 Å². The average Bonchev–Trinajstić information content (AvgIpc) is 2.90. The molecule has 0 aliphatic carbocycles. The van der Waals surface area contributed by atoms with Gasteiger partial charge in [0.1, 0.15) is 5.75 Å². The van der Waals surface area contributed by atoms with Gasteiger partial charge in [0, 0.05) is 11.6 Å². The number of hydrogen-bond donors (Lipinski definition) is 1. The number of fused-ring (bicyclic) bond motifs is 1. The zero-order valence-electron chi connectivity index (χ0n) is 11.5. The third-order valence-electron chi connectivity index (χ3n) is 2.94. The van der Waals surface area contributed by atoms with Gasteiger partial charge < -0.3 is 9.72 Å². The van der Waals surface area contributed by atoms with Gasteiger partial charge in [0.15, 0.2) is 5.16 Å². The fourth-order valence-corrected chi connectivity index (χ4v) is 2.73. The molecule has 0 saturated carbocycles. The Morgan fingerprint density at radius 1 is 1.24 bits per heavy atom. The number of aromatic amines is 1. The summed E-state index contributed by atoms with van der Waals surface area (Å²) < 4.78 is 5.45. The molecule has 4 nitrogen and oxygen atoms in total. The van der Waals surface area contributed by atoms with Gasteiger partial charge in [-0.1, -0.05) is 30.3 Å². The summed E-state index contributed by atoms with van der Waals surface area (Å²) in [7, 11) is 0. The summed E-state index contributed by atoms with van der Waals surface area (Å²) in [4.78, 5) is 19.7. The average molecular weight is 298 g/mol. The predicted molar refractivity (Wildman–Crippen MR) is 83.9 cm³/mol. The van der Waals surface area contributed by atoms with Crippen LogP contribution in [0.3, 0.4) is 0 Å². The number of hydrogen-bond acceptors (Lipinski definition) is 4. The van der Waals surface area contributed by atoms with Crippen LogP contribution in [0.4, 0.5) is 0 Å². The lowest BCUT2D eigenvalue weighted by atomic mass is 10.2. The van der Waals surface area contributed by atoms with Crippen molar-refractivity contribution in [1.29, 1.82) is 0 Å². The summed E-state index contributed by atoms with van der Waals surface area (Å²) in [6.45, 7) is 2.56. The maximum Gasteiger partial charge on any atom is 0.227 e. The number of ether oxygens (including phenoxy) is 1. The van der Waals surface area contributed by atoms with Crippen LogP contribution in [0.5, 0.6) is 5.75 Å². The van der Waals surface area contributed by atoms with E-state index in [0.717, 1.165) is 28.5 Å². The standard InChI is InChI=1S/C16H14N2O2S/c1-2-20-12-8-9-13-14(10-12)18-16(17-13)21-15(19)11-6-4-3-5-7-11/h3-10H,2H2,1H3,(H,17,18). The molecule has 21 heavy (non-hydrogen) atoms. The van der Waals surface area contributed by atoms with E-state index in [1.54, 1.807) is 12.1 Å². The van der Waals surface area contributed by atoms with Gasteiger partial charge in [-0.15, -0.1) is 0 Å². The van der Waals surface area contributed by atoms with E-state index < -0.39 is 0 Å². The zero-order valence-corrected chi connectivity index (χ0v) is 12.3. The van der Waals surface area contributed by atoms with Crippen molar-refractivity contribution >= 4 is 27.9 Å². The van der Waals surface area contributed by atoms with Crippen LogP contribution in [0.25, 0.3) is 11.0 Å². The number of H-pyrrole nitrogens is 1. The third-order valence-corrected chi connectivity index (χ3v) is 3.75. The molecule has 0 unspecified atom stereocenters. The minimum absolute atomic E-state index is 0.0281. The van der Waals surface area contributed by atoms with E-state index in [1.165, 1.54) is 0 Å². The largest absolute Gasteiger partial charge is 0.494 e. The quantitative estimate of drug-likeness (QED) is 0.742. The van der Waals surface area contributed by atoms with E-state index in [1.807, 2.05) is 43.3 Å². The van der Waals surface area contributed by atoms with Gasteiger partial charge in [-0.05, 0) is 30.8 Å². The molecule has 2 aromatic carbocycles. The first-order valence-corrected chi connectivity index (χ1v) is 7.47. The monoisotopic (exact) mass is 298 g/mol. The van der Waals surface area contributed by atoms with Crippen LogP contribution in [0, 0.1) is 0 Å². The summed E-state index contributed by atoms with van der Waals surface area (Å²) >= 11 is 1.10. The summed E-state index contributed by atoms with van der Waals surface area (Å²) in [5.74, 6) is 0.791. The summed E-state index contributed by atoms with van der Waals surface area (Å²) in [6.07, 6.45) is 0. The van der Waals surface area contributed by atoms with E-state index in [0.29, 0.717) is 17.3 Å². The van der Waals surface area contributed by atoms with Crippen molar-refractivity contribution < 1.29 is 9.53 Å². The van der Waals surface area contributed by atoms with Crippen LogP contribution in [0.1, 0.15) is 17.3 Å². The summed E-state index contributed by atoms with van der Waals surface area (Å²) in [5.41, 5.74) is 2.35. The highest BCUT2D eigenvalue weighted by Gasteiger charge is 2.11. The number of nitrogens with zero attached hydrogens (tertiary/aromatic N) is 1. The molecule has 0 radical (unpaired) electrons. The molecule has 3 aromatic rings. The molecule has 0 bridgehead atoms. The molecular weight excluding hydrogens is 284 g/mol. The first-order valence-electron chi connectivity index (χ1n) is 6.66. The second-order valence-electron chi connectivity index (χ2n) is 4.41. The smallest absolute Gasteiger partial charge is 0.227 e. The Hall–Kier alpha value is -2.27. The topological polar surface area (TPSA) is 55.0 Å². The van der Waals surface area contributed by atoms with Crippen LogP contribution < -0.4 is 4.74 Å². The fraction of sp³-hybridized carbons (Fsp3) is 0.125. The van der Waals surface area contributed by atoms with Crippen molar-refractivity contribution in [1.82, 2.24) is 9.97 Å². The Bertz CT molecular complexity index is 768. The highest BCUT2D eigenvalue weighted by Crippen LogP contribution is 2.25. The van der Waals surface area contributed by atoms with E-state index in [2.05, 4.69) is 9.97 Å². The van der Waals surface area contributed by atoms with Crippen molar-refractivity contribution in [2.24, 2.45) is 0 Å². The van der Waals surface area contributed by atoms with Gasteiger partial charge in [0.2, 0.25) is 5.12 Å². The van der Waals surface area contributed by atoms with Crippen molar-refractivity contribution in [2.45, 2.75) is 12.1 Å². The molecule has 1 heterocycles. The Labute approximate surface area is 126 Å². The van der Waals surface area contributed by atoms with E-state index in [-0.39, 0.29) is 5.12 Å². The van der Waals surface area contributed by atoms with Gasteiger partial charge in [0.05, 0.1) is 17.6 Å². The number of nitrogens with one attached hydrogen (secondary N) is 1. The number of carbonyl (C=O) groups is 1. The normalized spacial score (nSPS) is 10.7. The number of rotatable bonds is 4. The maximum atomic E-state index is 12.1. The van der Waals surface area contributed by atoms with Crippen molar-refractivity contribution in [3.8, 4) is 5.75 Å². The first kappa shape index (κ1) is 13.7. The third kappa shape index (κ3) is 3.08. The second kappa shape index (κ2) is 6.01. The molecule has 5 heteroatoms. The van der Waals surface area contributed by atoms with Crippen LogP contribution in [-0.2, 0) is 0 Å². The molecule has 0 saturated heterocycles. The summed E-state index contributed by atoms with van der Waals surface area (Å²) in [5, 5.41) is 0.562. The van der Waals surface area contributed by atoms with E-state index >= 15 is 0 Å². The van der Waals surface area contributed by atoms with Gasteiger partial charge in [-0.2, -0.15) is 0 Å². The molecule has 0 fully saturated rings. The van der Waals surface area contributed by atoms with E-state index in [9.17, 15) is 4.79 Å². The SMILES string of the molecule is CCOc1ccc2nc(SC(=O)c3ccccc3)[nH]c2c1. The minimum Gasteiger partial charge on any atom is -0.494 e. The van der Waals surface area contributed by atoms with Gasteiger partial charge in [-0.3, -0.25) is 4.79 Å². The number of benzene rings is 2. The Morgan fingerprint density at radius 2 is 2.05 bits per heavy atom. The molecule has 0 aliphatic heterocycles. The molecule has 106 valence electrons. The predicted octanol–water partition coefficient (Wildman–Crippen LogP) is 3.89. The highest BCUT2D eigenvalue weighted by atomic mass is 32.2. The molecule has 0 spiro atoms. The van der Waals surface area contributed by atoms with Gasteiger partial charge >= 0.3 is 0 Å². The second-order valence-corrected chi connectivity index (χ2v) is 5.37. The zero-order chi connectivity index (χ0) is 14.7. The van der Waals surface area contributed by atoms with Gasteiger partial charge in [0.25, 0.3) is 0 Å². The van der Waals surface area contributed by atoms with Crippen LogP contribution in [0.2, 0.25) is 0 Å². The van der Waals surface area contributed by atoms with E-state index in [4.69, 9.17) is 4.74 Å². The molecule has 1 N–H and O–H groups in total. The van der Waals surface area contributed by atoms with Gasteiger partial charge in [-0.25, -0.2) is 4.98 Å². The molecule has 1 aromatic heterocycles. The molecule has 0 aliphatic rings. The van der Waals surface area contributed by atoms with Crippen molar-refractivity contribution in [3.05, 3.63) is 54.1 Å². The lowest BCUT2D eigenvalue weighted by Crippen LogP contribution is -1.92. The fourth-order valence-electron chi connectivity index (χ4n) is 1.99. The number of thioether (sulfide) groups is 1. The summed E-state index contributed by atoms with van der Waals surface area (Å²) in [6, 6.07) is 14.8. The number of carbonyl (C=O) groups excluding carboxylic acids is 1.